The molecule has 1 aromatic heterocycles. The van der Waals surface area contributed by atoms with E-state index in [-0.39, 0.29) is 37.4 Å². The van der Waals surface area contributed by atoms with E-state index in [1.165, 1.54) is 22.3 Å². The number of fused-ring (bicyclic) bond motifs is 1. The van der Waals surface area contributed by atoms with Crippen molar-refractivity contribution in [1.29, 1.82) is 0 Å². The largest absolute Gasteiger partial charge is 0.466 e. The summed E-state index contributed by atoms with van der Waals surface area (Å²) in [5.41, 5.74) is 0.549. The van der Waals surface area contributed by atoms with Gasteiger partial charge in [0, 0.05) is 16.6 Å². The van der Waals surface area contributed by atoms with E-state index in [9.17, 15) is 18.4 Å². The molecule has 29 heavy (non-hydrogen) atoms. The molecule has 1 heterocycles. The molecule has 0 saturated heterocycles. The first-order valence-electron chi connectivity index (χ1n) is 8.84. The van der Waals surface area contributed by atoms with Gasteiger partial charge in [-0.1, -0.05) is 15.9 Å². The van der Waals surface area contributed by atoms with E-state index in [1.807, 2.05) is 0 Å². The summed E-state index contributed by atoms with van der Waals surface area (Å²) < 4.78 is 33.7. The Morgan fingerprint density at radius 2 is 1.86 bits per heavy atom. The predicted octanol–water partition coefficient (Wildman–Crippen LogP) is 5.21. The number of esters is 1. The van der Waals surface area contributed by atoms with E-state index < -0.39 is 17.6 Å². The number of rotatable bonds is 7. The molecule has 9 heteroatoms. The van der Waals surface area contributed by atoms with Crippen LogP contribution in [0.3, 0.4) is 0 Å². The number of amides is 1. The van der Waals surface area contributed by atoms with Crippen LogP contribution in [0.5, 0.6) is 0 Å². The van der Waals surface area contributed by atoms with Gasteiger partial charge in [-0.05, 0) is 43.3 Å². The highest BCUT2D eigenvalue weighted by molar-refractivity contribution is 9.10. The zero-order chi connectivity index (χ0) is 21.0. The molecule has 0 spiro atoms. The van der Waals surface area contributed by atoms with Crippen LogP contribution in [0.1, 0.15) is 24.8 Å². The summed E-state index contributed by atoms with van der Waals surface area (Å²) >= 11 is 4.54. The van der Waals surface area contributed by atoms with Crippen LogP contribution in [-0.2, 0) is 20.9 Å². The van der Waals surface area contributed by atoms with Gasteiger partial charge in [-0.3, -0.25) is 9.59 Å². The van der Waals surface area contributed by atoms with Crippen molar-refractivity contribution in [2.75, 3.05) is 11.5 Å². The molecule has 0 aliphatic carbocycles. The average molecular weight is 483 g/mol. The molecule has 1 amide bonds. The highest BCUT2D eigenvalue weighted by Crippen LogP contribution is 2.28. The highest BCUT2D eigenvalue weighted by Gasteiger charge is 2.21. The minimum atomic E-state index is -1.01. The molecule has 0 saturated carbocycles. The molecule has 0 N–H and O–H groups in total. The number of hydrogen-bond acceptors (Lipinski definition) is 5. The fourth-order valence-electron chi connectivity index (χ4n) is 2.71. The van der Waals surface area contributed by atoms with Gasteiger partial charge >= 0.3 is 5.97 Å². The van der Waals surface area contributed by atoms with Gasteiger partial charge in [0.2, 0.25) is 5.91 Å². The van der Waals surface area contributed by atoms with Gasteiger partial charge in [0.05, 0.1) is 24.3 Å². The number of aromatic nitrogens is 1. The Labute approximate surface area is 178 Å². The van der Waals surface area contributed by atoms with Crippen molar-refractivity contribution in [3.05, 3.63) is 57.5 Å². The number of carbonyl (C=O) groups is 2. The first-order valence-corrected chi connectivity index (χ1v) is 10.4. The van der Waals surface area contributed by atoms with Crippen LogP contribution in [0.2, 0.25) is 0 Å². The van der Waals surface area contributed by atoms with E-state index in [0.717, 1.165) is 10.5 Å². The van der Waals surface area contributed by atoms with Gasteiger partial charge in [0.25, 0.3) is 0 Å². The van der Waals surface area contributed by atoms with Crippen molar-refractivity contribution in [1.82, 2.24) is 4.98 Å². The lowest BCUT2D eigenvalue weighted by molar-refractivity contribution is -0.144. The molecule has 5 nitrogen and oxygen atoms in total. The first kappa shape index (κ1) is 21.3. The van der Waals surface area contributed by atoms with Crippen molar-refractivity contribution in [2.45, 2.75) is 26.3 Å². The maximum absolute atomic E-state index is 14.0. The summed E-state index contributed by atoms with van der Waals surface area (Å²) in [6.07, 6.45) is -0.0812. The molecular formula is C20H17BrF2N2O3S. The highest BCUT2D eigenvalue weighted by atomic mass is 79.9. The van der Waals surface area contributed by atoms with Crippen molar-refractivity contribution >= 4 is 55.0 Å². The van der Waals surface area contributed by atoms with Crippen molar-refractivity contribution < 1.29 is 23.1 Å². The van der Waals surface area contributed by atoms with Crippen molar-refractivity contribution in [2.24, 2.45) is 0 Å². The summed E-state index contributed by atoms with van der Waals surface area (Å²) in [7, 11) is 0. The van der Waals surface area contributed by atoms with E-state index in [0.29, 0.717) is 15.4 Å². The van der Waals surface area contributed by atoms with Crippen LogP contribution < -0.4 is 4.90 Å². The van der Waals surface area contributed by atoms with Gasteiger partial charge in [-0.2, -0.15) is 0 Å². The molecule has 0 unspecified atom stereocenters. The predicted molar refractivity (Wildman–Crippen MR) is 111 cm³/mol. The van der Waals surface area contributed by atoms with E-state index >= 15 is 0 Å². The molecule has 3 rings (SSSR count). The second-order valence-corrected chi connectivity index (χ2v) is 8.11. The molecule has 0 aliphatic rings. The van der Waals surface area contributed by atoms with Gasteiger partial charge in [-0.25, -0.2) is 13.8 Å². The van der Waals surface area contributed by atoms with Gasteiger partial charge < -0.3 is 9.64 Å². The summed E-state index contributed by atoms with van der Waals surface area (Å²) in [5, 5.41) is 0.455. The standard InChI is InChI=1S/C20H17BrF2N2O3S/c1-2-28-18(27)10-9-17(26)25(13-5-3-12(21)4-6-13)11-16-24-20-15(29-16)8-7-14(22)19(20)23/h3-8H,2,9-11H2,1H3. The molecule has 152 valence electrons. The fraction of sp³-hybridized carbons (Fsp3) is 0.250. The third kappa shape index (κ3) is 5.16. The number of hydrogen-bond donors (Lipinski definition) is 0. The lowest BCUT2D eigenvalue weighted by Gasteiger charge is -2.22. The Morgan fingerprint density at radius 3 is 2.55 bits per heavy atom. The lowest BCUT2D eigenvalue weighted by atomic mass is 10.2. The average Bonchev–Trinajstić information content (AvgIpc) is 3.12. The summed E-state index contributed by atoms with van der Waals surface area (Å²) in [6, 6.07) is 9.58. The Morgan fingerprint density at radius 1 is 1.14 bits per heavy atom. The van der Waals surface area contributed by atoms with Crippen molar-refractivity contribution in [3.8, 4) is 0 Å². The summed E-state index contributed by atoms with van der Waals surface area (Å²) in [5.74, 6) is -2.72. The Bertz CT molecular complexity index is 1040. The number of nitrogens with zero attached hydrogens (tertiary/aromatic N) is 2. The minimum absolute atomic E-state index is 0.0389. The second kappa shape index (κ2) is 9.41. The molecule has 0 atom stereocenters. The van der Waals surface area contributed by atoms with Gasteiger partial charge in [-0.15, -0.1) is 11.3 Å². The molecule has 3 aromatic rings. The molecule has 0 radical (unpaired) electrons. The van der Waals surface area contributed by atoms with Crippen LogP contribution in [0.15, 0.2) is 40.9 Å². The first-order chi connectivity index (χ1) is 13.9. The number of thiazole rings is 1. The van der Waals surface area contributed by atoms with Crippen LogP contribution in [0.4, 0.5) is 14.5 Å². The number of benzene rings is 2. The number of ether oxygens (including phenoxy) is 1. The zero-order valence-corrected chi connectivity index (χ0v) is 17.9. The smallest absolute Gasteiger partial charge is 0.306 e. The van der Waals surface area contributed by atoms with Gasteiger partial charge in [0.1, 0.15) is 10.5 Å². The SMILES string of the molecule is CCOC(=O)CCC(=O)N(Cc1nc2c(F)c(F)ccc2s1)c1ccc(Br)cc1. The number of anilines is 1. The molecule has 0 fully saturated rings. The van der Waals surface area contributed by atoms with Crippen molar-refractivity contribution in [3.63, 3.8) is 0 Å². The molecular weight excluding hydrogens is 466 g/mol. The summed E-state index contributed by atoms with van der Waals surface area (Å²) in [4.78, 5) is 30.1. The quantitative estimate of drug-likeness (QED) is 0.433. The summed E-state index contributed by atoms with van der Waals surface area (Å²) in [6.45, 7) is 2.02. The van der Waals surface area contributed by atoms with Crippen LogP contribution in [0.25, 0.3) is 10.2 Å². The van der Waals surface area contributed by atoms with E-state index in [2.05, 4.69) is 20.9 Å². The number of halogens is 3. The monoisotopic (exact) mass is 482 g/mol. The third-order valence-corrected chi connectivity index (χ3v) is 5.61. The van der Waals surface area contributed by atoms with E-state index in [1.54, 1.807) is 31.2 Å². The molecule has 0 bridgehead atoms. The zero-order valence-electron chi connectivity index (χ0n) is 15.5. The maximum atomic E-state index is 14.0. The van der Waals surface area contributed by atoms with Crippen LogP contribution in [-0.4, -0.2) is 23.5 Å². The maximum Gasteiger partial charge on any atom is 0.306 e. The Balaban J connectivity index is 1.87. The Kier molecular flexibility index (Phi) is 6.92. The van der Waals surface area contributed by atoms with E-state index in [4.69, 9.17) is 4.74 Å². The minimum Gasteiger partial charge on any atom is -0.466 e. The van der Waals surface area contributed by atoms with Crippen LogP contribution >= 0.6 is 27.3 Å². The van der Waals surface area contributed by atoms with Crippen LogP contribution in [0, 0.1) is 11.6 Å². The fourth-order valence-corrected chi connectivity index (χ4v) is 3.92. The Hall–Kier alpha value is -2.39. The third-order valence-electron chi connectivity index (χ3n) is 4.08. The second-order valence-electron chi connectivity index (χ2n) is 6.08. The number of carbonyl (C=O) groups excluding carboxylic acids is 2. The topological polar surface area (TPSA) is 59.5 Å². The molecule has 0 aliphatic heterocycles. The lowest BCUT2D eigenvalue weighted by Crippen LogP contribution is -2.30. The van der Waals surface area contributed by atoms with Gasteiger partial charge in [0.15, 0.2) is 11.6 Å². The normalized spacial score (nSPS) is 10.9. The molecule has 2 aromatic carbocycles.